The summed E-state index contributed by atoms with van der Waals surface area (Å²) in [5, 5.41) is 3.31. The van der Waals surface area contributed by atoms with Crippen molar-refractivity contribution in [3.8, 4) is 12.3 Å². The van der Waals surface area contributed by atoms with Gasteiger partial charge in [-0.1, -0.05) is 19.3 Å². The van der Waals surface area contributed by atoms with Gasteiger partial charge < -0.3 is 10.2 Å². The van der Waals surface area contributed by atoms with Gasteiger partial charge in [-0.3, -0.25) is 5.32 Å². The molecular formula is C12H16Br2N2O. The van der Waals surface area contributed by atoms with Crippen LogP contribution in [0.5, 0.6) is 0 Å². The molecule has 3 nitrogen and oxygen atoms in total. The van der Waals surface area contributed by atoms with Crippen LogP contribution in [0.4, 0.5) is 0 Å². The minimum atomic E-state index is -0.0646. The summed E-state index contributed by atoms with van der Waals surface area (Å²) in [5.74, 6) is 3.51. The molecule has 1 heterocycles. The van der Waals surface area contributed by atoms with Gasteiger partial charge in [0, 0.05) is 6.54 Å². The van der Waals surface area contributed by atoms with Crippen LogP contribution in [0.2, 0.25) is 0 Å². The highest BCUT2D eigenvalue weighted by molar-refractivity contribution is 9.13. The van der Waals surface area contributed by atoms with Crippen LogP contribution in [0.1, 0.15) is 31.6 Å². The van der Waals surface area contributed by atoms with E-state index in [9.17, 15) is 0 Å². The smallest absolute Gasteiger partial charge is 0.183 e. The van der Waals surface area contributed by atoms with Gasteiger partial charge in [0.15, 0.2) is 4.67 Å². The largest absolute Gasteiger partial charge is 0.451 e. The van der Waals surface area contributed by atoms with E-state index in [0.717, 1.165) is 23.1 Å². The maximum Gasteiger partial charge on any atom is 0.183 e. The van der Waals surface area contributed by atoms with E-state index in [1.54, 1.807) is 0 Å². The number of hydrogen-bond donors (Lipinski definition) is 2. The molecule has 1 rings (SSSR count). The maximum absolute atomic E-state index is 5.74. The summed E-state index contributed by atoms with van der Waals surface area (Å²) < 4.78 is 7.09. The first-order valence-electron chi connectivity index (χ1n) is 5.49. The fraction of sp³-hybridized carbons (Fsp3) is 0.500. The van der Waals surface area contributed by atoms with Crippen LogP contribution in [-0.2, 0) is 0 Å². The molecule has 1 aromatic rings. The predicted molar refractivity (Wildman–Crippen MR) is 76.6 cm³/mol. The van der Waals surface area contributed by atoms with Crippen LogP contribution in [-0.4, -0.2) is 12.6 Å². The summed E-state index contributed by atoms with van der Waals surface area (Å²) in [6, 6.07) is 1.86. The Bertz CT molecular complexity index is 378. The molecule has 0 aromatic carbocycles. The molecule has 94 valence electrons. The van der Waals surface area contributed by atoms with Gasteiger partial charge in [0.1, 0.15) is 5.76 Å². The molecule has 0 aliphatic heterocycles. The lowest BCUT2D eigenvalue weighted by atomic mass is 10.1. The summed E-state index contributed by atoms with van der Waals surface area (Å²) in [6.45, 7) is 2.54. The van der Waals surface area contributed by atoms with Gasteiger partial charge in [-0.05, 0) is 44.3 Å². The third-order valence-electron chi connectivity index (χ3n) is 2.42. The van der Waals surface area contributed by atoms with Crippen LogP contribution in [0, 0.1) is 12.3 Å². The summed E-state index contributed by atoms with van der Waals surface area (Å²) >= 11 is 6.68. The zero-order valence-electron chi connectivity index (χ0n) is 9.67. The Morgan fingerprint density at radius 2 is 2.29 bits per heavy atom. The number of nitrogens with two attached hydrogens (primary N) is 1. The minimum Gasteiger partial charge on any atom is -0.451 e. The second kappa shape index (κ2) is 7.22. The van der Waals surface area contributed by atoms with E-state index in [1.807, 2.05) is 6.07 Å². The molecule has 0 amide bonds. The van der Waals surface area contributed by atoms with Crippen LogP contribution in [0.25, 0.3) is 0 Å². The highest BCUT2D eigenvalue weighted by Gasteiger charge is 2.18. The van der Waals surface area contributed by atoms with Crippen molar-refractivity contribution in [3.63, 3.8) is 0 Å². The highest BCUT2D eigenvalue weighted by Crippen LogP contribution is 2.29. The second-order valence-corrected chi connectivity index (χ2v) is 5.31. The summed E-state index contributed by atoms with van der Waals surface area (Å²) in [5.41, 5.74) is 5.74. The standard InChI is InChI=1S/C12H16Br2N2O/c1-3-5-8(4-2)16-10(7-15)11-6-9(13)12(14)17-11/h2,6,8,10,16H,3,5,7,15H2,1H3. The van der Waals surface area contributed by atoms with Gasteiger partial charge in [0.2, 0.25) is 0 Å². The van der Waals surface area contributed by atoms with E-state index in [1.165, 1.54) is 0 Å². The van der Waals surface area contributed by atoms with Gasteiger partial charge in [-0.25, -0.2) is 0 Å². The lowest BCUT2D eigenvalue weighted by molar-refractivity contribution is 0.384. The third kappa shape index (κ3) is 4.14. The highest BCUT2D eigenvalue weighted by atomic mass is 79.9. The number of hydrogen-bond acceptors (Lipinski definition) is 3. The average molecular weight is 364 g/mol. The molecule has 0 aliphatic carbocycles. The van der Waals surface area contributed by atoms with Crippen LogP contribution < -0.4 is 11.1 Å². The second-order valence-electron chi connectivity index (χ2n) is 3.73. The molecule has 0 saturated carbocycles. The van der Waals surface area contributed by atoms with Crippen LogP contribution in [0.15, 0.2) is 19.6 Å². The normalized spacial score (nSPS) is 14.3. The molecule has 2 atom stereocenters. The summed E-state index contributed by atoms with van der Waals surface area (Å²) in [7, 11) is 0. The lowest BCUT2D eigenvalue weighted by Crippen LogP contribution is -2.35. The third-order valence-corrected chi connectivity index (χ3v) is 4.13. The van der Waals surface area contributed by atoms with Gasteiger partial charge in [0.05, 0.1) is 16.6 Å². The van der Waals surface area contributed by atoms with Crippen LogP contribution >= 0.6 is 31.9 Å². The van der Waals surface area contributed by atoms with E-state index in [2.05, 4.69) is 50.0 Å². The van der Waals surface area contributed by atoms with Crippen molar-refractivity contribution < 1.29 is 4.42 Å². The molecular weight excluding hydrogens is 348 g/mol. The van der Waals surface area contributed by atoms with Crippen molar-refractivity contribution in [1.29, 1.82) is 0 Å². The quantitative estimate of drug-likeness (QED) is 0.763. The molecule has 17 heavy (non-hydrogen) atoms. The van der Waals surface area contributed by atoms with E-state index < -0.39 is 0 Å². The molecule has 0 fully saturated rings. The topological polar surface area (TPSA) is 51.2 Å². The Labute approximate surface area is 119 Å². The Kier molecular flexibility index (Phi) is 6.28. The van der Waals surface area contributed by atoms with E-state index in [4.69, 9.17) is 16.6 Å². The molecule has 1 aromatic heterocycles. The van der Waals surface area contributed by atoms with Crippen molar-refractivity contribution in [3.05, 3.63) is 21.0 Å². The molecule has 2 unspecified atom stereocenters. The van der Waals surface area contributed by atoms with Crippen molar-refractivity contribution in [1.82, 2.24) is 5.32 Å². The average Bonchev–Trinajstić information content (AvgIpc) is 2.64. The molecule has 0 saturated heterocycles. The van der Waals surface area contributed by atoms with Crippen molar-refractivity contribution >= 4 is 31.9 Å². The first kappa shape index (κ1) is 14.8. The first-order chi connectivity index (χ1) is 8.12. The molecule has 0 spiro atoms. The Morgan fingerprint density at radius 3 is 2.71 bits per heavy atom. The molecule has 0 bridgehead atoms. The van der Waals surface area contributed by atoms with Gasteiger partial charge in [0.25, 0.3) is 0 Å². The predicted octanol–water partition coefficient (Wildman–Crippen LogP) is 3.20. The van der Waals surface area contributed by atoms with E-state index >= 15 is 0 Å². The SMILES string of the molecule is C#CC(CCC)NC(CN)c1cc(Br)c(Br)o1. The molecule has 0 aliphatic rings. The van der Waals surface area contributed by atoms with Gasteiger partial charge in [-0.2, -0.15) is 0 Å². The fourth-order valence-corrected chi connectivity index (χ4v) is 2.16. The molecule has 0 radical (unpaired) electrons. The van der Waals surface area contributed by atoms with Crippen molar-refractivity contribution in [2.45, 2.75) is 31.8 Å². The summed E-state index contributed by atoms with van der Waals surface area (Å²) in [4.78, 5) is 0. The molecule has 3 N–H and O–H groups in total. The minimum absolute atomic E-state index is 0.0243. The van der Waals surface area contributed by atoms with E-state index in [0.29, 0.717) is 11.2 Å². The Balaban J connectivity index is 2.75. The Morgan fingerprint density at radius 1 is 1.59 bits per heavy atom. The van der Waals surface area contributed by atoms with Crippen LogP contribution in [0.3, 0.4) is 0 Å². The lowest BCUT2D eigenvalue weighted by Gasteiger charge is -2.19. The van der Waals surface area contributed by atoms with Crippen molar-refractivity contribution in [2.75, 3.05) is 6.54 Å². The number of furan rings is 1. The summed E-state index contributed by atoms with van der Waals surface area (Å²) in [6.07, 6.45) is 7.43. The van der Waals surface area contributed by atoms with Gasteiger partial charge >= 0.3 is 0 Å². The zero-order valence-corrected chi connectivity index (χ0v) is 12.8. The van der Waals surface area contributed by atoms with Gasteiger partial charge in [-0.15, -0.1) is 6.42 Å². The van der Waals surface area contributed by atoms with E-state index in [-0.39, 0.29) is 12.1 Å². The first-order valence-corrected chi connectivity index (χ1v) is 7.07. The maximum atomic E-state index is 5.74. The zero-order chi connectivity index (χ0) is 12.8. The van der Waals surface area contributed by atoms with Crippen molar-refractivity contribution in [2.24, 2.45) is 5.73 Å². The molecule has 5 heteroatoms. The monoisotopic (exact) mass is 362 g/mol. The number of rotatable bonds is 6. The Hall–Kier alpha value is -0.280. The number of terminal acetylenes is 1. The number of halogens is 2. The fourth-order valence-electron chi connectivity index (χ4n) is 1.55. The number of nitrogens with one attached hydrogen (secondary N) is 1.